The van der Waals surface area contributed by atoms with E-state index >= 15 is 0 Å². The lowest BCUT2D eigenvalue weighted by atomic mass is 10.1. The molecule has 9 nitrogen and oxygen atoms in total. The number of urea groups is 1. The number of carboxylic acids is 1. The number of benzene rings is 3. The standard InChI is InChI=1S/C23H21N3O6S/c24-23(30)26-17-11-9-16(10-12-17)22(29)25-18-7-4-8-19(13-18)33(31,32)20(14-21(27)28)15-5-2-1-3-6-15/h1-13,20H,14H2,(H,25,29)(H,27,28)(H3,24,26,30). The van der Waals surface area contributed by atoms with Crippen molar-refractivity contribution in [3.63, 3.8) is 0 Å². The van der Waals surface area contributed by atoms with Gasteiger partial charge in [0.25, 0.3) is 5.91 Å². The van der Waals surface area contributed by atoms with Gasteiger partial charge in [-0.05, 0) is 48.0 Å². The molecule has 1 unspecified atom stereocenters. The summed E-state index contributed by atoms with van der Waals surface area (Å²) in [5.74, 6) is -1.74. The molecule has 170 valence electrons. The lowest BCUT2D eigenvalue weighted by Crippen LogP contribution is -2.19. The van der Waals surface area contributed by atoms with Gasteiger partial charge in [0.1, 0.15) is 5.25 Å². The highest BCUT2D eigenvalue weighted by atomic mass is 32.2. The Morgan fingerprint density at radius 2 is 1.52 bits per heavy atom. The minimum absolute atomic E-state index is 0.114. The van der Waals surface area contributed by atoms with Gasteiger partial charge in [-0.15, -0.1) is 0 Å². The third-order valence-corrected chi connectivity index (χ3v) is 6.84. The first-order chi connectivity index (χ1) is 15.7. The zero-order valence-electron chi connectivity index (χ0n) is 17.3. The van der Waals surface area contributed by atoms with E-state index in [-0.39, 0.29) is 16.1 Å². The molecule has 0 aliphatic rings. The highest BCUT2D eigenvalue weighted by molar-refractivity contribution is 7.91. The van der Waals surface area contributed by atoms with E-state index in [2.05, 4.69) is 10.6 Å². The Morgan fingerprint density at radius 1 is 0.848 bits per heavy atom. The molecule has 3 aromatic carbocycles. The van der Waals surface area contributed by atoms with Crippen LogP contribution in [0.1, 0.15) is 27.6 Å². The Labute approximate surface area is 190 Å². The molecule has 0 bridgehead atoms. The first kappa shape index (κ1) is 23.5. The quantitative estimate of drug-likeness (QED) is 0.398. The van der Waals surface area contributed by atoms with Gasteiger partial charge in [0.2, 0.25) is 0 Å². The van der Waals surface area contributed by atoms with Crippen molar-refractivity contribution in [2.45, 2.75) is 16.6 Å². The van der Waals surface area contributed by atoms with Crippen LogP contribution in [0.5, 0.6) is 0 Å². The second-order valence-electron chi connectivity index (χ2n) is 7.09. The van der Waals surface area contributed by atoms with Crippen molar-refractivity contribution in [1.82, 2.24) is 0 Å². The van der Waals surface area contributed by atoms with Gasteiger partial charge in [-0.3, -0.25) is 9.59 Å². The van der Waals surface area contributed by atoms with Gasteiger partial charge in [0, 0.05) is 16.9 Å². The number of nitrogens with one attached hydrogen (secondary N) is 2. The summed E-state index contributed by atoms with van der Waals surface area (Å²) in [6.07, 6.45) is -0.603. The largest absolute Gasteiger partial charge is 0.481 e. The molecule has 10 heteroatoms. The molecule has 3 rings (SSSR count). The van der Waals surface area contributed by atoms with Crippen LogP contribution in [-0.4, -0.2) is 31.4 Å². The maximum atomic E-state index is 13.3. The van der Waals surface area contributed by atoms with Gasteiger partial charge in [-0.2, -0.15) is 0 Å². The summed E-state index contributed by atoms with van der Waals surface area (Å²) in [7, 11) is -4.07. The molecule has 0 radical (unpaired) electrons. The smallest absolute Gasteiger partial charge is 0.316 e. The number of aliphatic carboxylic acids is 1. The van der Waals surface area contributed by atoms with Crippen LogP contribution in [0, 0.1) is 0 Å². The molecule has 0 saturated carbocycles. The topological polar surface area (TPSA) is 156 Å². The highest BCUT2D eigenvalue weighted by Crippen LogP contribution is 2.33. The van der Waals surface area contributed by atoms with Crippen LogP contribution in [-0.2, 0) is 14.6 Å². The monoisotopic (exact) mass is 467 g/mol. The average molecular weight is 468 g/mol. The van der Waals surface area contributed by atoms with Crippen molar-refractivity contribution in [3.8, 4) is 0 Å². The number of hydrogen-bond donors (Lipinski definition) is 4. The molecule has 3 amide bonds. The number of nitrogens with two attached hydrogens (primary N) is 1. The summed E-state index contributed by atoms with van der Waals surface area (Å²) in [5.41, 5.74) is 6.32. The molecule has 0 aliphatic carbocycles. The molecule has 1 atom stereocenters. The molecule has 5 N–H and O–H groups in total. The number of anilines is 2. The van der Waals surface area contributed by atoms with Crippen molar-refractivity contribution >= 4 is 39.1 Å². The lowest BCUT2D eigenvalue weighted by molar-refractivity contribution is -0.137. The number of primary amides is 1. The summed E-state index contributed by atoms with van der Waals surface area (Å²) in [6, 6.07) is 18.9. The Kier molecular flexibility index (Phi) is 7.09. The van der Waals surface area contributed by atoms with Crippen molar-refractivity contribution < 1.29 is 27.9 Å². The van der Waals surface area contributed by atoms with Crippen LogP contribution in [0.25, 0.3) is 0 Å². The molecule has 0 aliphatic heterocycles. The Hall–Kier alpha value is -4.18. The van der Waals surface area contributed by atoms with Crippen molar-refractivity contribution in [1.29, 1.82) is 0 Å². The fraction of sp³-hybridized carbons (Fsp3) is 0.0870. The van der Waals surface area contributed by atoms with Gasteiger partial charge < -0.3 is 21.5 Å². The number of carboxylic acid groups (broad SMARTS) is 1. The fourth-order valence-electron chi connectivity index (χ4n) is 3.20. The minimum Gasteiger partial charge on any atom is -0.481 e. The van der Waals surface area contributed by atoms with Gasteiger partial charge in [0.15, 0.2) is 9.84 Å². The van der Waals surface area contributed by atoms with E-state index in [1.165, 1.54) is 48.5 Å². The van der Waals surface area contributed by atoms with E-state index < -0.39 is 39.4 Å². The number of sulfone groups is 1. The highest BCUT2D eigenvalue weighted by Gasteiger charge is 2.31. The number of amides is 3. The molecule has 3 aromatic rings. The number of hydrogen-bond acceptors (Lipinski definition) is 5. The minimum atomic E-state index is -4.07. The number of carbonyl (C=O) groups is 3. The van der Waals surface area contributed by atoms with E-state index in [1.807, 2.05) is 0 Å². The zero-order chi connectivity index (χ0) is 24.0. The second kappa shape index (κ2) is 9.96. The fourth-order valence-corrected chi connectivity index (χ4v) is 4.96. The Morgan fingerprint density at radius 3 is 2.12 bits per heavy atom. The normalized spacial score (nSPS) is 11.9. The summed E-state index contributed by atoms with van der Waals surface area (Å²) in [4.78, 5) is 34.7. The molecular weight excluding hydrogens is 446 g/mol. The van der Waals surface area contributed by atoms with Crippen molar-refractivity contribution in [3.05, 3.63) is 90.0 Å². The van der Waals surface area contributed by atoms with Gasteiger partial charge in [-0.1, -0.05) is 36.4 Å². The van der Waals surface area contributed by atoms with Crippen molar-refractivity contribution in [2.24, 2.45) is 5.73 Å². The van der Waals surface area contributed by atoms with E-state index in [0.717, 1.165) is 0 Å². The molecule has 0 aromatic heterocycles. The van der Waals surface area contributed by atoms with Crippen LogP contribution in [0.15, 0.2) is 83.8 Å². The van der Waals surface area contributed by atoms with Crippen LogP contribution in [0.3, 0.4) is 0 Å². The van der Waals surface area contributed by atoms with Crippen LogP contribution in [0.4, 0.5) is 16.2 Å². The van der Waals surface area contributed by atoms with Crippen LogP contribution < -0.4 is 16.4 Å². The van der Waals surface area contributed by atoms with E-state index in [4.69, 9.17) is 5.73 Å². The predicted octanol–water partition coefficient (Wildman–Crippen LogP) is 3.42. The molecule has 0 heterocycles. The first-order valence-electron chi connectivity index (χ1n) is 9.75. The third-order valence-electron chi connectivity index (χ3n) is 4.74. The molecule has 33 heavy (non-hydrogen) atoms. The maximum absolute atomic E-state index is 13.3. The van der Waals surface area contributed by atoms with E-state index in [1.54, 1.807) is 30.3 Å². The van der Waals surface area contributed by atoms with E-state index in [0.29, 0.717) is 11.3 Å². The summed E-state index contributed by atoms with van der Waals surface area (Å²) in [5, 5.41) is 13.0. The Bertz CT molecular complexity index is 1280. The predicted molar refractivity (Wildman–Crippen MR) is 123 cm³/mol. The molecule has 0 fully saturated rings. The van der Waals surface area contributed by atoms with Gasteiger partial charge >= 0.3 is 12.0 Å². The number of carbonyl (C=O) groups excluding carboxylic acids is 2. The number of rotatable bonds is 8. The Balaban J connectivity index is 1.85. The lowest BCUT2D eigenvalue weighted by Gasteiger charge is -2.17. The second-order valence-corrected chi connectivity index (χ2v) is 9.22. The average Bonchev–Trinajstić information content (AvgIpc) is 2.78. The summed E-state index contributed by atoms with van der Waals surface area (Å²) < 4.78 is 26.6. The molecular formula is C23H21N3O6S. The van der Waals surface area contributed by atoms with Crippen molar-refractivity contribution in [2.75, 3.05) is 10.6 Å². The molecule has 0 spiro atoms. The molecule has 0 saturated heterocycles. The summed E-state index contributed by atoms with van der Waals surface area (Å²) in [6.45, 7) is 0. The van der Waals surface area contributed by atoms with Crippen LogP contribution >= 0.6 is 0 Å². The maximum Gasteiger partial charge on any atom is 0.316 e. The van der Waals surface area contributed by atoms with Gasteiger partial charge in [-0.25, -0.2) is 13.2 Å². The SMILES string of the molecule is NC(=O)Nc1ccc(C(=O)Nc2cccc(S(=O)(=O)C(CC(=O)O)c3ccccc3)c2)cc1. The van der Waals surface area contributed by atoms with Crippen LogP contribution in [0.2, 0.25) is 0 Å². The summed E-state index contributed by atoms with van der Waals surface area (Å²) >= 11 is 0. The first-order valence-corrected chi connectivity index (χ1v) is 11.3. The third kappa shape index (κ3) is 5.95. The van der Waals surface area contributed by atoms with E-state index in [9.17, 15) is 27.9 Å². The van der Waals surface area contributed by atoms with Gasteiger partial charge in [0.05, 0.1) is 11.3 Å². The zero-order valence-corrected chi connectivity index (χ0v) is 18.1.